The molecule has 0 aliphatic heterocycles. The maximum atomic E-state index is 13.5. The monoisotopic (exact) mass is 489 g/mol. The number of nitrogens with one attached hydrogen (secondary N) is 1. The lowest BCUT2D eigenvalue weighted by atomic mass is 10.1. The van der Waals surface area contributed by atoms with Crippen LogP contribution in [-0.4, -0.2) is 57.1 Å². The molecule has 2 atom stereocenters. The molecular weight excluding hydrogens is 454 g/mol. The van der Waals surface area contributed by atoms with Gasteiger partial charge in [0.1, 0.15) is 18.3 Å². The smallest absolute Gasteiger partial charge is 0.244 e. The molecule has 0 radical (unpaired) electrons. The number of aryl methyl sites for hydroxylation is 1. The zero-order valence-corrected chi connectivity index (χ0v) is 21.6. The van der Waals surface area contributed by atoms with Crippen molar-refractivity contribution in [1.29, 1.82) is 0 Å². The van der Waals surface area contributed by atoms with Gasteiger partial charge in [0, 0.05) is 12.6 Å². The van der Waals surface area contributed by atoms with Crippen LogP contribution in [0.25, 0.3) is 0 Å². The Kier molecular flexibility index (Phi) is 9.49. The Labute approximate surface area is 202 Å². The van der Waals surface area contributed by atoms with Gasteiger partial charge < -0.3 is 15.0 Å². The third kappa shape index (κ3) is 7.48. The molecule has 0 aliphatic rings. The molecule has 0 heterocycles. The van der Waals surface area contributed by atoms with Crippen LogP contribution >= 0.6 is 0 Å². The Morgan fingerprint density at radius 1 is 1.09 bits per heavy atom. The van der Waals surface area contributed by atoms with Gasteiger partial charge in [-0.1, -0.05) is 31.2 Å². The van der Waals surface area contributed by atoms with Gasteiger partial charge in [-0.25, -0.2) is 8.42 Å². The SMILES string of the molecule is CC[C@H](C)NC(=O)[C@@H](C)N(Cc1cccc(OC)c1)C(=O)CN(c1cccc(C)c1)S(C)(=O)=O. The summed E-state index contributed by atoms with van der Waals surface area (Å²) in [6, 6.07) is 13.3. The van der Waals surface area contributed by atoms with E-state index < -0.39 is 28.5 Å². The predicted octanol–water partition coefficient (Wildman–Crippen LogP) is 3.10. The number of carbonyl (C=O) groups excluding carboxylic acids is 2. The van der Waals surface area contributed by atoms with E-state index >= 15 is 0 Å². The Morgan fingerprint density at radius 2 is 1.76 bits per heavy atom. The summed E-state index contributed by atoms with van der Waals surface area (Å²) in [5.74, 6) is -0.159. The van der Waals surface area contributed by atoms with Crippen LogP contribution in [0.15, 0.2) is 48.5 Å². The van der Waals surface area contributed by atoms with Crippen LogP contribution in [0.1, 0.15) is 38.3 Å². The van der Waals surface area contributed by atoms with Crippen LogP contribution < -0.4 is 14.4 Å². The molecule has 34 heavy (non-hydrogen) atoms. The molecule has 186 valence electrons. The number of ether oxygens (including phenoxy) is 1. The number of hydrogen-bond donors (Lipinski definition) is 1. The summed E-state index contributed by atoms with van der Waals surface area (Å²) in [6.45, 7) is 7.04. The van der Waals surface area contributed by atoms with Crippen molar-refractivity contribution in [1.82, 2.24) is 10.2 Å². The van der Waals surface area contributed by atoms with Gasteiger partial charge in [-0.3, -0.25) is 13.9 Å². The minimum atomic E-state index is -3.75. The fourth-order valence-electron chi connectivity index (χ4n) is 3.41. The Bertz CT molecular complexity index is 1100. The molecule has 1 N–H and O–H groups in total. The van der Waals surface area contributed by atoms with Crippen molar-refractivity contribution in [3.05, 3.63) is 59.7 Å². The number of methoxy groups -OCH3 is 1. The lowest BCUT2D eigenvalue weighted by Gasteiger charge is -2.32. The van der Waals surface area contributed by atoms with Crippen LogP contribution in [0.5, 0.6) is 5.75 Å². The first-order chi connectivity index (χ1) is 16.0. The lowest BCUT2D eigenvalue weighted by molar-refractivity contribution is -0.139. The molecule has 0 fully saturated rings. The molecular formula is C25H35N3O5S. The van der Waals surface area contributed by atoms with Crippen molar-refractivity contribution >= 4 is 27.5 Å². The molecule has 0 spiro atoms. The summed E-state index contributed by atoms with van der Waals surface area (Å²) in [7, 11) is -2.20. The van der Waals surface area contributed by atoms with Gasteiger partial charge in [-0.15, -0.1) is 0 Å². The quantitative estimate of drug-likeness (QED) is 0.523. The minimum absolute atomic E-state index is 0.0523. The van der Waals surface area contributed by atoms with E-state index in [1.807, 2.05) is 32.9 Å². The molecule has 9 heteroatoms. The van der Waals surface area contributed by atoms with Gasteiger partial charge in [-0.2, -0.15) is 0 Å². The molecule has 0 aromatic heterocycles. The van der Waals surface area contributed by atoms with Gasteiger partial charge >= 0.3 is 0 Å². The highest BCUT2D eigenvalue weighted by molar-refractivity contribution is 7.92. The van der Waals surface area contributed by atoms with Crippen LogP contribution in [0.4, 0.5) is 5.69 Å². The second kappa shape index (κ2) is 11.9. The van der Waals surface area contributed by atoms with Crippen molar-refractivity contribution in [3.63, 3.8) is 0 Å². The highest BCUT2D eigenvalue weighted by Crippen LogP contribution is 2.21. The molecule has 0 saturated carbocycles. The third-order valence-corrected chi connectivity index (χ3v) is 6.76. The summed E-state index contributed by atoms with van der Waals surface area (Å²) in [5.41, 5.74) is 2.03. The topological polar surface area (TPSA) is 96.0 Å². The Morgan fingerprint density at radius 3 is 2.35 bits per heavy atom. The first-order valence-corrected chi connectivity index (χ1v) is 13.1. The molecule has 8 nitrogen and oxygen atoms in total. The normalized spacial score (nSPS) is 13.0. The Balaban J connectivity index is 2.40. The highest BCUT2D eigenvalue weighted by atomic mass is 32.2. The van der Waals surface area contributed by atoms with E-state index in [-0.39, 0.29) is 18.5 Å². The first kappa shape index (κ1) is 27.2. The number of nitrogens with zero attached hydrogens (tertiary/aromatic N) is 2. The van der Waals surface area contributed by atoms with Gasteiger partial charge in [-0.05, 0) is 62.6 Å². The molecule has 0 aliphatic carbocycles. The van der Waals surface area contributed by atoms with E-state index in [0.717, 1.165) is 28.1 Å². The number of anilines is 1. The van der Waals surface area contributed by atoms with Crippen molar-refractivity contribution < 1.29 is 22.7 Å². The summed E-state index contributed by atoms with van der Waals surface area (Å²) in [6.07, 6.45) is 1.81. The number of hydrogen-bond acceptors (Lipinski definition) is 5. The van der Waals surface area contributed by atoms with Crippen LogP contribution in [0.3, 0.4) is 0 Å². The highest BCUT2D eigenvalue weighted by Gasteiger charge is 2.30. The average Bonchev–Trinajstić information content (AvgIpc) is 2.79. The van der Waals surface area contributed by atoms with E-state index in [0.29, 0.717) is 11.4 Å². The summed E-state index contributed by atoms with van der Waals surface area (Å²) < 4.78 is 31.5. The van der Waals surface area contributed by atoms with Gasteiger partial charge in [0.15, 0.2) is 0 Å². The van der Waals surface area contributed by atoms with Crippen molar-refractivity contribution in [2.45, 2.75) is 52.7 Å². The maximum absolute atomic E-state index is 13.5. The fourth-order valence-corrected chi connectivity index (χ4v) is 4.25. The third-order valence-electron chi connectivity index (χ3n) is 5.62. The molecule has 2 aromatic carbocycles. The fraction of sp³-hybridized carbons (Fsp3) is 0.440. The zero-order chi connectivity index (χ0) is 25.5. The van der Waals surface area contributed by atoms with Crippen LogP contribution in [0.2, 0.25) is 0 Å². The molecule has 0 saturated heterocycles. The van der Waals surface area contributed by atoms with Gasteiger partial charge in [0.2, 0.25) is 21.8 Å². The van der Waals surface area contributed by atoms with E-state index in [1.165, 1.54) is 4.90 Å². The lowest BCUT2D eigenvalue weighted by Crippen LogP contribution is -2.52. The van der Waals surface area contributed by atoms with Gasteiger partial charge in [0.25, 0.3) is 0 Å². The molecule has 0 bridgehead atoms. The molecule has 2 amide bonds. The zero-order valence-electron chi connectivity index (χ0n) is 20.7. The number of benzene rings is 2. The number of rotatable bonds is 11. The van der Waals surface area contributed by atoms with E-state index in [4.69, 9.17) is 4.74 Å². The standard InChI is InChI=1S/C25H35N3O5S/c1-7-19(3)26-25(30)20(4)27(16-21-11-9-13-23(15-21)33-5)24(29)17-28(34(6,31)32)22-12-8-10-18(2)14-22/h8-15,19-20H,7,16-17H2,1-6H3,(H,26,30)/t19-,20+/m0/s1. The second-order valence-corrected chi connectivity index (χ2v) is 10.4. The summed E-state index contributed by atoms with van der Waals surface area (Å²) in [4.78, 5) is 27.8. The number of amides is 2. The molecule has 2 aromatic rings. The molecule has 2 rings (SSSR count). The first-order valence-electron chi connectivity index (χ1n) is 11.2. The number of sulfonamides is 1. The number of carbonyl (C=O) groups is 2. The van der Waals surface area contributed by atoms with E-state index in [2.05, 4.69) is 5.32 Å². The van der Waals surface area contributed by atoms with Crippen molar-refractivity contribution in [3.8, 4) is 5.75 Å². The van der Waals surface area contributed by atoms with E-state index in [1.54, 1.807) is 50.4 Å². The second-order valence-electron chi connectivity index (χ2n) is 8.48. The van der Waals surface area contributed by atoms with Gasteiger partial charge in [0.05, 0.1) is 19.1 Å². The maximum Gasteiger partial charge on any atom is 0.244 e. The summed E-state index contributed by atoms with van der Waals surface area (Å²) in [5, 5.41) is 2.91. The predicted molar refractivity (Wildman–Crippen MR) is 134 cm³/mol. The average molecular weight is 490 g/mol. The van der Waals surface area contributed by atoms with E-state index in [9.17, 15) is 18.0 Å². The van der Waals surface area contributed by atoms with Crippen LogP contribution in [0, 0.1) is 6.92 Å². The molecule has 0 unspecified atom stereocenters. The Hall–Kier alpha value is -3.07. The largest absolute Gasteiger partial charge is 0.497 e. The van der Waals surface area contributed by atoms with Crippen molar-refractivity contribution in [2.75, 3.05) is 24.2 Å². The minimum Gasteiger partial charge on any atom is -0.497 e. The summed E-state index contributed by atoms with van der Waals surface area (Å²) >= 11 is 0. The van der Waals surface area contributed by atoms with Crippen LogP contribution in [-0.2, 0) is 26.2 Å². The van der Waals surface area contributed by atoms with Crippen molar-refractivity contribution in [2.24, 2.45) is 0 Å².